The fourth-order valence-corrected chi connectivity index (χ4v) is 2.73. The molecule has 1 aliphatic carbocycles. The van der Waals surface area contributed by atoms with E-state index in [1.54, 1.807) is 0 Å². The van der Waals surface area contributed by atoms with Gasteiger partial charge in [0, 0.05) is 32.2 Å². The molecular formula is C11H23N3. The summed E-state index contributed by atoms with van der Waals surface area (Å²) in [5.41, 5.74) is 0. The average Bonchev–Trinajstić information content (AvgIpc) is 2.47. The van der Waals surface area contributed by atoms with Gasteiger partial charge in [-0.25, -0.2) is 5.01 Å². The van der Waals surface area contributed by atoms with Crippen molar-refractivity contribution < 1.29 is 0 Å². The van der Waals surface area contributed by atoms with Gasteiger partial charge in [-0.15, -0.1) is 0 Å². The van der Waals surface area contributed by atoms with E-state index in [-0.39, 0.29) is 0 Å². The topological polar surface area (TPSA) is 32.5 Å². The maximum absolute atomic E-state index is 5.76. The van der Waals surface area contributed by atoms with E-state index in [4.69, 9.17) is 5.84 Å². The maximum Gasteiger partial charge on any atom is 0.0257 e. The lowest BCUT2D eigenvalue weighted by Gasteiger charge is -2.37. The van der Waals surface area contributed by atoms with Crippen LogP contribution in [0.3, 0.4) is 0 Å². The van der Waals surface area contributed by atoms with E-state index < -0.39 is 0 Å². The fraction of sp³-hybridized carbons (Fsp3) is 1.00. The summed E-state index contributed by atoms with van der Waals surface area (Å²) in [6.07, 6.45) is 8.62. The molecule has 1 heterocycles. The van der Waals surface area contributed by atoms with Crippen LogP contribution < -0.4 is 5.84 Å². The molecule has 82 valence electrons. The molecular weight excluding hydrogens is 174 g/mol. The van der Waals surface area contributed by atoms with Gasteiger partial charge in [-0.1, -0.05) is 25.7 Å². The lowest BCUT2D eigenvalue weighted by atomic mass is 10.1. The highest BCUT2D eigenvalue weighted by atomic mass is 15.4. The lowest BCUT2D eigenvalue weighted by molar-refractivity contribution is 0.0894. The number of hydrazine groups is 1. The molecule has 1 saturated heterocycles. The summed E-state index contributed by atoms with van der Waals surface area (Å²) in [5, 5.41) is 1.95. The van der Waals surface area contributed by atoms with Crippen LogP contribution >= 0.6 is 0 Å². The standard InChI is InChI=1S/C11H23N3/c12-14-9-7-13(8-10-14)11-5-3-1-2-4-6-11/h11H,1-10,12H2. The van der Waals surface area contributed by atoms with E-state index in [0.717, 1.165) is 19.1 Å². The molecule has 0 aromatic rings. The second kappa shape index (κ2) is 5.10. The Kier molecular flexibility index (Phi) is 3.79. The Bertz CT molecular complexity index is 156. The van der Waals surface area contributed by atoms with Crippen LogP contribution in [-0.2, 0) is 0 Å². The molecule has 0 aromatic heterocycles. The van der Waals surface area contributed by atoms with Gasteiger partial charge >= 0.3 is 0 Å². The van der Waals surface area contributed by atoms with Crippen LogP contribution in [0.4, 0.5) is 0 Å². The van der Waals surface area contributed by atoms with Crippen molar-refractivity contribution >= 4 is 0 Å². The third-order valence-corrected chi connectivity index (χ3v) is 3.69. The van der Waals surface area contributed by atoms with E-state index in [9.17, 15) is 0 Å². The minimum Gasteiger partial charge on any atom is -0.298 e. The van der Waals surface area contributed by atoms with Crippen molar-refractivity contribution in [1.82, 2.24) is 9.91 Å². The molecule has 0 spiro atoms. The summed E-state index contributed by atoms with van der Waals surface area (Å²) in [6.45, 7) is 4.47. The minimum absolute atomic E-state index is 0.867. The first-order valence-corrected chi connectivity index (χ1v) is 6.10. The number of piperazine rings is 1. The third kappa shape index (κ3) is 2.69. The third-order valence-electron chi connectivity index (χ3n) is 3.69. The van der Waals surface area contributed by atoms with E-state index >= 15 is 0 Å². The van der Waals surface area contributed by atoms with Crippen molar-refractivity contribution in [2.75, 3.05) is 26.2 Å². The molecule has 1 aliphatic heterocycles. The smallest absolute Gasteiger partial charge is 0.0257 e. The SMILES string of the molecule is NN1CCN(C2CCCCCC2)CC1. The van der Waals surface area contributed by atoms with Gasteiger partial charge in [-0.2, -0.15) is 0 Å². The Morgan fingerprint density at radius 2 is 1.36 bits per heavy atom. The molecule has 0 aromatic carbocycles. The van der Waals surface area contributed by atoms with E-state index in [0.29, 0.717) is 0 Å². The molecule has 3 heteroatoms. The predicted molar refractivity (Wildman–Crippen MR) is 58.8 cm³/mol. The van der Waals surface area contributed by atoms with Gasteiger partial charge in [-0.3, -0.25) is 10.7 Å². The summed E-state index contributed by atoms with van der Waals surface area (Å²) < 4.78 is 0. The lowest BCUT2D eigenvalue weighted by Crippen LogP contribution is -2.52. The Balaban J connectivity index is 1.81. The van der Waals surface area contributed by atoms with Crippen molar-refractivity contribution in [1.29, 1.82) is 0 Å². The van der Waals surface area contributed by atoms with Gasteiger partial charge in [-0.05, 0) is 12.8 Å². The average molecular weight is 197 g/mol. The summed E-state index contributed by atoms with van der Waals surface area (Å²) in [5.74, 6) is 5.76. The molecule has 0 atom stereocenters. The summed E-state index contributed by atoms with van der Waals surface area (Å²) in [6, 6.07) is 0.867. The Hall–Kier alpha value is -0.120. The zero-order chi connectivity index (χ0) is 9.80. The van der Waals surface area contributed by atoms with Crippen molar-refractivity contribution in [2.45, 2.75) is 44.6 Å². The molecule has 2 fully saturated rings. The van der Waals surface area contributed by atoms with Crippen molar-refractivity contribution in [3.05, 3.63) is 0 Å². The van der Waals surface area contributed by atoms with Gasteiger partial charge in [0.05, 0.1) is 0 Å². The van der Waals surface area contributed by atoms with E-state index in [1.807, 2.05) is 5.01 Å². The van der Waals surface area contributed by atoms with Crippen LogP contribution in [-0.4, -0.2) is 42.1 Å². The first-order chi connectivity index (χ1) is 6.86. The minimum atomic E-state index is 0.867. The van der Waals surface area contributed by atoms with Crippen molar-refractivity contribution in [3.63, 3.8) is 0 Å². The van der Waals surface area contributed by atoms with Crippen LogP contribution in [0, 0.1) is 0 Å². The van der Waals surface area contributed by atoms with Gasteiger partial charge in [0.2, 0.25) is 0 Å². The first kappa shape index (κ1) is 10.4. The fourth-order valence-electron chi connectivity index (χ4n) is 2.73. The highest BCUT2D eigenvalue weighted by Gasteiger charge is 2.22. The number of hydrogen-bond donors (Lipinski definition) is 1. The highest BCUT2D eigenvalue weighted by Crippen LogP contribution is 2.22. The second-order valence-corrected chi connectivity index (χ2v) is 4.72. The molecule has 1 saturated carbocycles. The second-order valence-electron chi connectivity index (χ2n) is 4.72. The van der Waals surface area contributed by atoms with Crippen LogP contribution in [0.2, 0.25) is 0 Å². The Morgan fingerprint density at radius 3 is 1.93 bits per heavy atom. The molecule has 0 amide bonds. The molecule has 14 heavy (non-hydrogen) atoms. The molecule has 0 unspecified atom stereocenters. The summed E-state index contributed by atoms with van der Waals surface area (Å²) in [4.78, 5) is 2.66. The van der Waals surface area contributed by atoms with Crippen LogP contribution in [0.1, 0.15) is 38.5 Å². The predicted octanol–water partition coefficient (Wildman–Crippen LogP) is 1.20. The normalized spacial score (nSPS) is 28.9. The maximum atomic E-state index is 5.76. The van der Waals surface area contributed by atoms with E-state index in [2.05, 4.69) is 4.90 Å². The zero-order valence-corrected chi connectivity index (χ0v) is 9.12. The van der Waals surface area contributed by atoms with Gasteiger partial charge < -0.3 is 0 Å². The summed E-state index contributed by atoms with van der Waals surface area (Å²) in [7, 11) is 0. The molecule has 2 rings (SSSR count). The van der Waals surface area contributed by atoms with Gasteiger partial charge in [0.25, 0.3) is 0 Å². The quantitative estimate of drug-likeness (QED) is 0.506. The largest absolute Gasteiger partial charge is 0.298 e. The van der Waals surface area contributed by atoms with Crippen LogP contribution in [0.15, 0.2) is 0 Å². The number of rotatable bonds is 1. The Morgan fingerprint density at radius 1 is 0.786 bits per heavy atom. The van der Waals surface area contributed by atoms with Crippen LogP contribution in [0.25, 0.3) is 0 Å². The van der Waals surface area contributed by atoms with Gasteiger partial charge in [0.1, 0.15) is 0 Å². The van der Waals surface area contributed by atoms with Crippen molar-refractivity contribution in [3.8, 4) is 0 Å². The van der Waals surface area contributed by atoms with E-state index in [1.165, 1.54) is 51.6 Å². The molecule has 2 N–H and O–H groups in total. The number of hydrogen-bond acceptors (Lipinski definition) is 3. The molecule has 0 radical (unpaired) electrons. The number of nitrogens with zero attached hydrogens (tertiary/aromatic N) is 2. The monoisotopic (exact) mass is 197 g/mol. The number of nitrogens with two attached hydrogens (primary N) is 1. The molecule has 2 aliphatic rings. The van der Waals surface area contributed by atoms with Crippen LogP contribution in [0.5, 0.6) is 0 Å². The molecule has 3 nitrogen and oxygen atoms in total. The summed E-state index contributed by atoms with van der Waals surface area (Å²) >= 11 is 0. The Labute approximate surface area is 87.2 Å². The van der Waals surface area contributed by atoms with Gasteiger partial charge in [0.15, 0.2) is 0 Å². The van der Waals surface area contributed by atoms with Crippen molar-refractivity contribution in [2.24, 2.45) is 5.84 Å². The highest BCUT2D eigenvalue weighted by molar-refractivity contribution is 4.78. The zero-order valence-electron chi connectivity index (χ0n) is 9.12. The first-order valence-electron chi connectivity index (χ1n) is 6.10. The molecule has 0 bridgehead atoms.